The molecule has 3 N–H and O–H groups in total. The lowest BCUT2D eigenvalue weighted by atomic mass is 10.0. The monoisotopic (exact) mass is 374 g/mol. The highest BCUT2D eigenvalue weighted by molar-refractivity contribution is 6.31. The van der Waals surface area contributed by atoms with Gasteiger partial charge in [0.15, 0.2) is 11.5 Å². The molecular formula is C21H14N2O5. The van der Waals surface area contributed by atoms with Crippen LogP contribution in [0.25, 0.3) is 21.8 Å². The van der Waals surface area contributed by atoms with Crippen LogP contribution in [0.2, 0.25) is 0 Å². The fraction of sp³-hybridized carbons (Fsp3) is 0.0476. The highest BCUT2D eigenvalue weighted by Gasteiger charge is 2.39. The molecule has 0 radical (unpaired) electrons. The van der Waals surface area contributed by atoms with Crippen molar-refractivity contribution in [2.45, 2.75) is 0 Å². The van der Waals surface area contributed by atoms with Crippen molar-refractivity contribution in [3.8, 4) is 23.0 Å². The van der Waals surface area contributed by atoms with Gasteiger partial charge in [-0.05, 0) is 30.3 Å². The van der Waals surface area contributed by atoms with Crippen LogP contribution in [0, 0.1) is 0 Å². The number of fused-ring (bicyclic) bond motifs is 5. The first-order valence-corrected chi connectivity index (χ1v) is 8.55. The van der Waals surface area contributed by atoms with Gasteiger partial charge in [-0.2, -0.15) is 0 Å². The molecule has 1 aliphatic rings. The number of aromatic hydroxyl groups is 2. The fourth-order valence-electron chi connectivity index (χ4n) is 3.63. The molecule has 7 heteroatoms. The van der Waals surface area contributed by atoms with Crippen molar-refractivity contribution in [3.05, 3.63) is 59.7 Å². The summed E-state index contributed by atoms with van der Waals surface area (Å²) in [5.74, 6) is -0.612. The zero-order chi connectivity index (χ0) is 19.6. The van der Waals surface area contributed by atoms with Gasteiger partial charge in [0, 0.05) is 29.4 Å². The molecular weight excluding hydrogens is 360 g/mol. The summed E-state index contributed by atoms with van der Waals surface area (Å²) in [4.78, 5) is 29.8. The Morgan fingerprint density at radius 1 is 0.893 bits per heavy atom. The molecule has 0 bridgehead atoms. The molecule has 5 rings (SSSR count). The summed E-state index contributed by atoms with van der Waals surface area (Å²) in [7, 11) is 1.41. The van der Waals surface area contributed by atoms with E-state index in [0.717, 1.165) is 4.90 Å². The van der Waals surface area contributed by atoms with Crippen LogP contribution in [0.4, 0.5) is 0 Å². The molecule has 0 atom stereocenters. The Morgan fingerprint density at radius 2 is 1.64 bits per heavy atom. The summed E-state index contributed by atoms with van der Waals surface area (Å²) in [6, 6.07) is 12.8. The number of aromatic amines is 1. The maximum atomic E-state index is 12.8. The zero-order valence-corrected chi connectivity index (χ0v) is 14.7. The summed E-state index contributed by atoms with van der Waals surface area (Å²) < 4.78 is 5.83. The number of para-hydroxylation sites is 2. The summed E-state index contributed by atoms with van der Waals surface area (Å²) in [5.41, 5.74) is 1.64. The van der Waals surface area contributed by atoms with E-state index >= 15 is 0 Å². The van der Waals surface area contributed by atoms with Crippen molar-refractivity contribution in [1.29, 1.82) is 0 Å². The number of phenolic OH excluding ortho intramolecular Hbond substituents is 2. The number of aromatic nitrogens is 1. The standard InChI is InChI=1S/C21H14N2O5/c1-23-20(26)18-16(28-15-5-3-2-4-14(15)25)9-13-17(19(18)21(23)27)11-8-10(24)6-7-12(11)22-13/h2-9,22,24-25H,1H3. The summed E-state index contributed by atoms with van der Waals surface area (Å²) in [5, 5.41) is 21.1. The van der Waals surface area contributed by atoms with Crippen molar-refractivity contribution in [1.82, 2.24) is 9.88 Å². The summed E-state index contributed by atoms with van der Waals surface area (Å²) >= 11 is 0. The molecule has 1 aliphatic heterocycles. The van der Waals surface area contributed by atoms with Crippen molar-refractivity contribution >= 4 is 33.6 Å². The minimum atomic E-state index is -0.484. The molecule has 4 aromatic rings. The molecule has 2 amide bonds. The maximum absolute atomic E-state index is 12.8. The number of H-pyrrole nitrogens is 1. The van der Waals surface area contributed by atoms with E-state index in [1.807, 2.05) is 0 Å². The lowest BCUT2D eigenvalue weighted by molar-refractivity contribution is 0.0693. The highest BCUT2D eigenvalue weighted by Crippen LogP contribution is 2.43. The molecule has 0 saturated carbocycles. The Kier molecular flexibility index (Phi) is 3.18. The molecule has 0 fully saturated rings. The number of hydrogen-bond acceptors (Lipinski definition) is 5. The van der Waals surface area contributed by atoms with Gasteiger partial charge in [0.05, 0.1) is 16.6 Å². The topological polar surface area (TPSA) is 103 Å². The van der Waals surface area contributed by atoms with E-state index in [-0.39, 0.29) is 34.1 Å². The Balaban J connectivity index is 1.86. The average molecular weight is 374 g/mol. The first-order valence-electron chi connectivity index (χ1n) is 8.55. The zero-order valence-electron chi connectivity index (χ0n) is 14.7. The van der Waals surface area contributed by atoms with Gasteiger partial charge in [0.25, 0.3) is 11.8 Å². The van der Waals surface area contributed by atoms with Gasteiger partial charge in [-0.25, -0.2) is 0 Å². The number of ether oxygens (including phenoxy) is 1. The normalized spacial score (nSPS) is 13.5. The largest absolute Gasteiger partial charge is 0.508 e. The SMILES string of the molecule is CN1C(=O)c2c(Oc3ccccc3O)cc3[nH]c4ccc(O)cc4c3c2C1=O. The summed E-state index contributed by atoms with van der Waals surface area (Å²) in [6.45, 7) is 0. The number of hydrogen-bond donors (Lipinski definition) is 3. The number of amides is 2. The molecule has 28 heavy (non-hydrogen) atoms. The van der Waals surface area contributed by atoms with Crippen LogP contribution in [0.15, 0.2) is 48.5 Å². The molecule has 3 aromatic carbocycles. The number of rotatable bonds is 2. The lowest BCUT2D eigenvalue weighted by Gasteiger charge is -2.11. The average Bonchev–Trinajstić information content (AvgIpc) is 3.14. The first-order chi connectivity index (χ1) is 13.5. The van der Waals surface area contributed by atoms with E-state index < -0.39 is 11.8 Å². The smallest absolute Gasteiger partial charge is 0.265 e. The third-order valence-corrected chi connectivity index (χ3v) is 4.96. The van der Waals surface area contributed by atoms with Crippen LogP contribution in [0.1, 0.15) is 20.7 Å². The van der Waals surface area contributed by atoms with Crippen LogP contribution in [0.5, 0.6) is 23.0 Å². The molecule has 0 saturated heterocycles. The van der Waals surface area contributed by atoms with Crippen LogP contribution in [0.3, 0.4) is 0 Å². The summed E-state index contributed by atoms with van der Waals surface area (Å²) in [6.07, 6.45) is 0. The van der Waals surface area contributed by atoms with E-state index in [0.29, 0.717) is 21.8 Å². The molecule has 1 aromatic heterocycles. The molecule has 138 valence electrons. The Labute approximate surface area is 158 Å². The number of imide groups is 1. The van der Waals surface area contributed by atoms with Gasteiger partial charge < -0.3 is 19.9 Å². The third kappa shape index (κ3) is 2.10. The third-order valence-electron chi connectivity index (χ3n) is 4.96. The van der Waals surface area contributed by atoms with Crippen molar-refractivity contribution in [3.63, 3.8) is 0 Å². The minimum absolute atomic E-state index is 0.0572. The first kappa shape index (κ1) is 16.2. The van der Waals surface area contributed by atoms with Gasteiger partial charge in [0.1, 0.15) is 11.5 Å². The van der Waals surface area contributed by atoms with E-state index in [9.17, 15) is 19.8 Å². The van der Waals surface area contributed by atoms with Gasteiger partial charge >= 0.3 is 0 Å². The number of benzene rings is 3. The molecule has 2 heterocycles. The van der Waals surface area contributed by atoms with Gasteiger partial charge in [-0.1, -0.05) is 12.1 Å². The fourth-order valence-corrected chi connectivity index (χ4v) is 3.63. The molecule has 7 nitrogen and oxygen atoms in total. The van der Waals surface area contributed by atoms with Gasteiger partial charge in [-0.3, -0.25) is 14.5 Å². The molecule has 0 unspecified atom stereocenters. The number of nitrogens with one attached hydrogen (secondary N) is 1. The second-order valence-corrected chi connectivity index (χ2v) is 6.64. The van der Waals surface area contributed by atoms with Crippen LogP contribution < -0.4 is 4.74 Å². The van der Waals surface area contributed by atoms with Crippen molar-refractivity contribution in [2.75, 3.05) is 7.05 Å². The van der Waals surface area contributed by atoms with Crippen LogP contribution in [-0.2, 0) is 0 Å². The number of carbonyl (C=O) groups excluding carboxylic acids is 2. The molecule has 0 spiro atoms. The number of phenols is 2. The van der Waals surface area contributed by atoms with Crippen LogP contribution >= 0.6 is 0 Å². The predicted octanol–water partition coefficient (Wildman–Crippen LogP) is 3.75. The van der Waals surface area contributed by atoms with E-state index in [1.54, 1.807) is 36.4 Å². The van der Waals surface area contributed by atoms with Gasteiger partial charge in [-0.15, -0.1) is 0 Å². The Hall–Kier alpha value is -4.00. The van der Waals surface area contributed by atoms with E-state index in [2.05, 4.69) is 4.98 Å². The number of nitrogens with zero attached hydrogens (tertiary/aromatic N) is 1. The second kappa shape index (κ2) is 5.50. The second-order valence-electron chi connectivity index (χ2n) is 6.64. The molecule has 0 aliphatic carbocycles. The van der Waals surface area contributed by atoms with Gasteiger partial charge in [0.2, 0.25) is 0 Å². The van der Waals surface area contributed by atoms with Crippen LogP contribution in [-0.4, -0.2) is 39.0 Å². The minimum Gasteiger partial charge on any atom is -0.508 e. The quantitative estimate of drug-likeness (QED) is 0.464. The van der Waals surface area contributed by atoms with Crippen molar-refractivity contribution < 1.29 is 24.5 Å². The maximum Gasteiger partial charge on any atom is 0.265 e. The van der Waals surface area contributed by atoms with Crippen molar-refractivity contribution in [2.24, 2.45) is 0 Å². The van der Waals surface area contributed by atoms with E-state index in [4.69, 9.17) is 4.74 Å². The highest BCUT2D eigenvalue weighted by atomic mass is 16.5. The Morgan fingerprint density at radius 3 is 2.43 bits per heavy atom. The lowest BCUT2D eigenvalue weighted by Crippen LogP contribution is -2.24. The Bertz CT molecular complexity index is 1320. The predicted molar refractivity (Wildman–Crippen MR) is 102 cm³/mol. The van der Waals surface area contributed by atoms with E-state index in [1.165, 1.54) is 19.2 Å². The number of carbonyl (C=O) groups is 2.